The van der Waals surface area contributed by atoms with E-state index >= 15 is 0 Å². The van der Waals surface area contributed by atoms with E-state index in [0.29, 0.717) is 5.69 Å². The van der Waals surface area contributed by atoms with Crippen molar-refractivity contribution in [3.63, 3.8) is 0 Å². The Kier molecular flexibility index (Phi) is 7.45. The van der Waals surface area contributed by atoms with E-state index in [-0.39, 0.29) is 42.2 Å². The summed E-state index contributed by atoms with van der Waals surface area (Å²) >= 11 is 0. The van der Waals surface area contributed by atoms with Crippen LogP contribution >= 0.6 is 24.0 Å². The summed E-state index contributed by atoms with van der Waals surface area (Å²) in [7, 11) is 0. The van der Waals surface area contributed by atoms with E-state index in [1.165, 1.54) is 12.1 Å². The number of halogens is 4. The van der Waals surface area contributed by atoms with Crippen LogP contribution in [0, 0.1) is 16.7 Å². The predicted octanol–water partition coefficient (Wildman–Crippen LogP) is 3.48. The van der Waals surface area contributed by atoms with E-state index in [9.17, 15) is 13.2 Å². The molecular formula is C13H16F3IN4O. The lowest BCUT2D eigenvalue weighted by Gasteiger charge is -2.13. The van der Waals surface area contributed by atoms with Crippen molar-refractivity contribution >= 4 is 35.6 Å². The first kappa shape index (κ1) is 20.3. The van der Waals surface area contributed by atoms with Crippen molar-refractivity contribution in [3.05, 3.63) is 24.3 Å². The number of hydrogen-bond acceptors (Lipinski definition) is 3. The molecule has 5 nitrogen and oxygen atoms in total. The third-order valence-corrected chi connectivity index (χ3v) is 2.31. The van der Waals surface area contributed by atoms with Gasteiger partial charge in [0.05, 0.1) is 18.0 Å². The van der Waals surface area contributed by atoms with Gasteiger partial charge in [-0.05, 0) is 38.1 Å². The molecule has 0 amide bonds. The Balaban J connectivity index is 0.00000441. The van der Waals surface area contributed by atoms with Gasteiger partial charge in [-0.2, -0.15) is 5.26 Å². The van der Waals surface area contributed by atoms with Crippen LogP contribution in [0.25, 0.3) is 0 Å². The Morgan fingerprint density at radius 2 is 1.86 bits per heavy atom. The number of nitrogens with zero attached hydrogens (tertiary/aromatic N) is 2. The number of rotatable bonds is 4. The first-order valence-electron chi connectivity index (χ1n) is 5.95. The van der Waals surface area contributed by atoms with Crippen LogP contribution in [0.15, 0.2) is 29.3 Å². The number of hydrogen-bond donors (Lipinski definition) is 2. The van der Waals surface area contributed by atoms with Crippen LogP contribution in [0.3, 0.4) is 0 Å². The van der Waals surface area contributed by atoms with Crippen LogP contribution in [0.4, 0.5) is 18.9 Å². The SMILES string of the molecule is CC(C)(C#N)CN=C(N)Nc1ccc(OC(F)(F)F)cc1.I. The zero-order valence-electron chi connectivity index (χ0n) is 11.9. The molecule has 9 heteroatoms. The molecule has 1 aromatic carbocycles. The van der Waals surface area contributed by atoms with Gasteiger partial charge in [0.25, 0.3) is 0 Å². The molecule has 22 heavy (non-hydrogen) atoms. The van der Waals surface area contributed by atoms with Crippen molar-refractivity contribution in [2.45, 2.75) is 20.2 Å². The first-order valence-corrected chi connectivity index (χ1v) is 5.95. The molecule has 1 aromatic rings. The summed E-state index contributed by atoms with van der Waals surface area (Å²) in [4.78, 5) is 3.99. The highest BCUT2D eigenvalue weighted by Gasteiger charge is 2.30. The summed E-state index contributed by atoms with van der Waals surface area (Å²) in [6.07, 6.45) is -4.72. The van der Waals surface area contributed by atoms with E-state index < -0.39 is 11.8 Å². The fourth-order valence-corrected chi connectivity index (χ4v) is 1.25. The van der Waals surface area contributed by atoms with Crippen LogP contribution in [-0.2, 0) is 0 Å². The maximum absolute atomic E-state index is 12.0. The molecule has 0 saturated carbocycles. The Labute approximate surface area is 143 Å². The minimum atomic E-state index is -4.72. The lowest BCUT2D eigenvalue weighted by molar-refractivity contribution is -0.274. The van der Waals surface area contributed by atoms with Gasteiger partial charge in [-0.3, -0.25) is 4.99 Å². The number of nitrogens with one attached hydrogen (secondary N) is 1. The second-order valence-corrected chi connectivity index (χ2v) is 4.89. The number of anilines is 1. The van der Waals surface area contributed by atoms with Crippen LogP contribution < -0.4 is 15.8 Å². The summed E-state index contributed by atoms with van der Waals surface area (Å²) in [5, 5.41) is 11.5. The Morgan fingerprint density at radius 3 is 2.32 bits per heavy atom. The standard InChI is InChI=1S/C13H15F3N4O.HI/c1-12(2,7-17)8-19-11(18)20-9-3-5-10(6-4-9)21-13(14,15)16;/h3-6H,8H2,1-2H3,(H3,18,19,20);1H. The molecule has 0 fully saturated rings. The lowest BCUT2D eigenvalue weighted by Crippen LogP contribution is -2.25. The number of alkyl halides is 3. The van der Waals surface area contributed by atoms with Crippen molar-refractivity contribution in [1.29, 1.82) is 5.26 Å². The van der Waals surface area contributed by atoms with Gasteiger partial charge in [0.2, 0.25) is 0 Å². The smallest absolute Gasteiger partial charge is 0.406 e. The van der Waals surface area contributed by atoms with Crippen molar-refractivity contribution < 1.29 is 17.9 Å². The minimum absolute atomic E-state index is 0. The second kappa shape index (κ2) is 8.07. The maximum Gasteiger partial charge on any atom is 0.573 e. The van der Waals surface area contributed by atoms with Gasteiger partial charge in [0.15, 0.2) is 5.96 Å². The Morgan fingerprint density at radius 1 is 1.32 bits per heavy atom. The zero-order chi connectivity index (χ0) is 16.1. The summed E-state index contributed by atoms with van der Waals surface area (Å²) in [6.45, 7) is 3.64. The number of guanidine groups is 1. The van der Waals surface area contributed by atoms with Gasteiger partial charge >= 0.3 is 6.36 Å². The van der Waals surface area contributed by atoms with Crippen LogP contribution in [0.5, 0.6) is 5.75 Å². The van der Waals surface area contributed by atoms with Crippen LogP contribution in [0.2, 0.25) is 0 Å². The predicted molar refractivity (Wildman–Crippen MR) is 88.0 cm³/mol. The Hall–Kier alpha value is -1.70. The molecule has 0 aliphatic heterocycles. The lowest BCUT2D eigenvalue weighted by atomic mass is 9.96. The molecule has 0 saturated heterocycles. The summed E-state index contributed by atoms with van der Waals surface area (Å²) in [6, 6.07) is 7.13. The number of aliphatic imine (C=N–C) groups is 1. The van der Waals surface area contributed by atoms with Crippen molar-refractivity contribution in [2.75, 3.05) is 11.9 Å². The third-order valence-electron chi connectivity index (χ3n) is 2.31. The topological polar surface area (TPSA) is 83.4 Å². The molecular weight excluding hydrogens is 412 g/mol. The summed E-state index contributed by atoms with van der Waals surface area (Å²) in [5.41, 5.74) is 5.44. The van der Waals surface area contributed by atoms with E-state index in [1.807, 2.05) is 0 Å². The molecule has 0 aliphatic rings. The van der Waals surface area contributed by atoms with E-state index in [1.54, 1.807) is 13.8 Å². The van der Waals surface area contributed by atoms with Crippen LogP contribution in [0.1, 0.15) is 13.8 Å². The fraction of sp³-hybridized carbons (Fsp3) is 0.385. The largest absolute Gasteiger partial charge is 0.573 e. The molecule has 0 unspecified atom stereocenters. The van der Waals surface area contributed by atoms with E-state index in [2.05, 4.69) is 21.1 Å². The third kappa shape index (κ3) is 7.92. The van der Waals surface area contributed by atoms with Crippen molar-refractivity contribution in [1.82, 2.24) is 0 Å². The quantitative estimate of drug-likeness (QED) is 0.437. The summed E-state index contributed by atoms with van der Waals surface area (Å²) in [5.74, 6) is -0.253. The molecule has 0 heterocycles. The molecule has 0 atom stereocenters. The molecule has 0 aliphatic carbocycles. The highest BCUT2D eigenvalue weighted by molar-refractivity contribution is 14.0. The van der Waals surface area contributed by atoms with Crippen molar-refractivity contribution in [3.8, 4) is 11.8 Å². The monoisotopic (exact) mass is 428 g/mol. The molecule has 0 radical (unpaired) electrons. The van der Waals surface area contributed by atoms with Crippen LogP contribution in [-0.4, -0.2) is 18.9 Å². The molecule has 0 aromatic heterocycles. The van der Waals surface area contributed by atoms with Gasteiger partial charge in [0, 0.05) is 5.69 Å². The number of nitriles is 1. The average Bonchev–Trinajstić information content (AvgIpc) is 2.37. The van der Waals surface area contributed by atoms with Gasteiger partial charge in [-0.15, -0.1) is 37.1 Å². The number of ether oxygens (including phenoxy) is 1. The van der Waals surface area contributed by atoms with Gasteiger partial charge in [-0.1, -0.05) is 0 Å². The molecule has 122 valence electrons. The zero-order valence-corrected chi connectivity index (χ0v) is 14.3. The minimum Gasteiger partial charge on any atom is -0.406 e. The van der Waals surface area contributed by atoms with Gasteiger partial charge in [0.1, 0.15) is 5.75 Å². The molecule has 0 spiro atoms. The molecule has 1 rings (SSSR count). The molecule has 3 N–H and O–H groups in total. The number of benzene rings is 1. The van der Waals surface area contributed by atoms with E-state index in [4.69, 9.17) is 11.0 Å². The normalized spacial score (nSPS) is 12.1. The average molecular weight is 428 g/mol. The number of nitrogens with two attached hydrogens (primary N) is 1. The summed E-state index contributed by atoms with van der Waals surface area (Å²) < 4.78 is 39.7. The second-order valence-electron chi connectivity index (χ2n) is 4.89. The van der Waals surface area contributed by atoms with E-state index in [0.717, 1.165) is 12.1 Å². The van der Waals surface area contributed by atoms with Gasteiger partial charge < -0.3 is 15.8 Å². The highest BCUT2D eigenvalue weighted by atomic mass is 127. The fourth-order valence-electron chi connectivity index (χ4n) is 1.25. The van der Waals surface area contributed by atoms with Crippen molar-refractivity contribution in [2.24, 2.45) is 16.1 Å². The Bertz CT molecular complexity index is 550. The maximum atomic E-state index is 12.0. The first-order chi connectivity index (χ1) is 9.61. The van der Waals surface area contributed by atoms with Gasteiger partial charge in [-0.25, -0.2) is 0 Å². The molecule has 0 bridgehead atoms. The highest BCUT2D eigenvalue weighted by Crippen LogP contribution is 2.23.